The average molecular weight is 365 g/mol. The molecule has 4 nitrogen and oxygen atoms in total. The largest absolute Gasteiger partial charge is 0.497 e. The Bertz CT molecular complexity index is 905. The molecule has 1 aliphatic heterocycles. The third-order valence-electron chi connectivity index (χ3n) is 5.17. The van der Waals surface area contributed by atoms with E-state index in [0.717, 1.165) is 61.5 Å². The molecule has 3 aromatic rings. The van der Waals surface area contributed by atoms with Crippen LogP contribution in [0.1, 0.15) is 11.1 Å². The van der Waals surface area contributed by atoms with Gasteiger partial charge in [-0.1, -0.05) is 18.2 Å². The number of aromatic nitrogens is 1. The second-order valence-electron chi connectivity index (χ2n) is 7.04. The zero-order valence-electron chi connectivity index (χ0n) is 15.6. The molecule has 2 heterocycles. The lowest BCUT2D eigenvalue weighted by molar-refractivity contribution is 0.122. The number of fused-ring (bicyclic) bond motifs is 1. The summed E-state index contributed by atoms with van der Waals surface area (Å²) < 4.78 is 19.2. The summed E-state index contributed by atoms with van der Waals surface area (Å²) in [5.41, 5.74) is 3.17. The molecule has 4 rings (SSSR count). The second-order valence-corrected chi connectivity index (χ2v) is 7.04. The van der Waals surface area contributed by atoms with Gasteiger partial charge in [0, 0.05) is 50.9 Å². The fourth-order valence-electron chi connectivity index (χ4n) is 3.68. The van der Waals surface area contributed by atoms with Gasteiger partial charge in [-0.05, 0) is 41.5 Å². The number of piperazine rings is 1. The van der Waals surface area contributed by atoms with Crippen LogP contribution in [0.3, 0.4) is 0 Å². The zero-order chi connectivity index (χ0) is 18.6. The van der Waals surface area contributed by atoms with Crippen molar-refractivity contribution in [1.29, 1.82) is 0 Å². The van der Waals surface area contributed by atoms with Crippen LogP contribution >= 0.6 is 0 Å². The van der Waals surface area contributed by atoms with Gasteiger partial charge < -0.3 is 4.74 Å². The van der Waals surface area contributed by atoms with Gasteiger partial charge in [-0.3, -0.25) is 14.8 Å². The molecule has 1 saturated heterocycles. The number of methoxy groups -OCH3 is 1. The van der Waals surface area contributed by atoms with E-state index >= 15 is 0 Å². The molecule has 1 aliphatic rings. The van der Waals surface area contributed by atoms with E-state index in [9.17, 15) is 4.39 Å². The first-order valence-electron chi connectivity index (χ1n) is 9.32. The SMILES string of the molecule is COc1ccc(CN2CCN(Cc3cc(F)cc4cccnc34)CC2)cc1. The number of hydrogen-bond donors (Lipinski definition) is 0. The number of ether oxygens (including phenoxy) is 1. The van der Waals surface area contributed by atoms with E-state index in [1.807, 2.05) is 24.3 Å². The summed E-state index contributed by atoms with van der Waals surface area (Å²) in [6.45, 7) is 5.64. The molecule has 1 aromatic heterocycles. The summed E-state index contributed by atoms with van der Waals surface area (Å²) >= 11 is 0. The fourth-order valence-corrected chi connectivity index (χ4v) is 3.68. The molecular weight excluding hydrogens is 341 g/mol. The first-order chi connectivity index (χ1) is 13.2. The lowest BCUT2D eigenvalue weighted by Crippen LogP contribution is -2.45. The molecule has 0 saturated carbocycles. The summed E-state index contributed by atoms with van der Waals surface area (Å²) in [6.07, 6.45) is 1.77. The van der Waals surface area contributed by atoms with E-state index in [1.54, 1.807) is 25.4 Å². The summed E-state index contributed by atoms with van der Waals surface area (Å²) in [5, 5.41) is 0.866. The predicted octanol–water partition coefficient (Wildman–Crippen LogP) is 3.70. The number of nitrogens with zero attached hydrogens (tertiary/aromatic N) is 3. The molecule has 0 atom stereocenters. The van der Waals surface area contributed by atoms with Gasteiger partial charge in [0.25, 0.3) is 0 Å². The third-order valence-corrected chi connectivity index (χ3v) is 5.17. The van der Waals surface area contributed by atoms with E-state index in [4.69, 9.17) is 4.74 Å². The van der Waals surface area contributed by atoms with Crippen molar-refractivity contribution in [2.45, 2.75) is 13.1 Å². The normalized spacial score (nSPS) is 15.9. The molecule has 0 amide bonds. The Kier molecular flexibility index (Phi) is 5.32. The third kappa shape index (κ3) is 4.26. The standard InChI is InChI=1S/C22H24FN3O/c1-27-21-6-4-17(5-7-21)15-25-9-11-26(12-10-25)16-19-14-20(23)13-18-3-2-8-24-22(18)19/h2-8,13-14H,9-12,15-16H2,1H3. The Morgan fingerprint density at radius 3 is 2.37 bits per heavy atom. The Morgan fingerprint density at radius 2 is 1.67 bits per heavy atom. The van der Waals surface area contributed by atoms with Crippen molar-refractivity contribution in [2.24, 2.45) is 0 Å². The van der Waals surface area contributed by atoms with Crippen molar-refractivity contribution in [3.05, 3.63) is 71.7 Å². The Morgan fingerprint density at radius 1 is 0.963 bits per heavy atom. The minimum Gasteiger partial charge on any atom is -0.497 e. The molecule has 2 aromatic carbocycles. The molecule has 140 valence electrons. The summed E-state index contributed by atoms with van der Waals surface area (Å²) in [4.78, 5) is 9.30. The Hall–Kier alpha value is -2.50. The van der Waals surface area contributed by atoms with Gasteiger partial charge in [0.05, 0.1) is 12.6 Å². The highest BCUT2D eigenvalue weighted by Crippen LogP contribution is 2.21. The van der Waals surface area contributed by atoms with Crippen molar-refractivity contribution >= 4 is 10.9 Å². The van der Waals surface area contributed by atoms with Crippen LogP contribution in [-0.4, -0.2) is 48.1 Å². The molecule has 27 heavy (non-hydrogen) atoms. The topological polar surface area (TPSA) is 28.6 Å². The number of halogens is 1. The lowest BCUT2D eigenvalue weighted by atomic mass is 10.1. The van der Waals surface area contributed by atoms with Crippen molar-refractivity contribution in [3.8, 4) is 5.75 Å². The summed E-state index contributed by atoms with van der Waals surface area (Å²) in [5.74, 6) is 0.697. The van der Waals surface area contributed by atoms with E-state index in [-0.39, 0.29) is 5.82 Å². The van der Waals surface area contributed by atoms with Gasteiger partial charge in [-0.25, -0.2) is 4.39 Å². The Labute approximate surface area is 159 Å². The van der Waals surface area contributed by atoms with Gasteiger partial charge in [-0.15, -0.1) is 0 Å². The van der Waals surface area contributed by atoms with E-state index in [0.29, 0.717) is 0 Å². The van der Waals surface area contributed by atoms with E-state index < -0.39 is 0 Å². The Balaban J connectivity index is 1.37. The van der Waals surface area contributed by atoms with Crippen molar-refractivity contribution < 1.29 is 9.13 Å². The quantitative estimate of drug-likeness (QED) is 0.689. The van der Waals surface area contributed by atoms with Gasteiger partial charge in [0.1, 0.15) is 11.6 Å². The van der Waals surface area contributed by atoms with E-state index in [1.165, 1.54) is 5.56 Å². The molecule has 0 radical (unpaired) electrons. The molecule has 0 bridgehead atoms. The molecule has 0 spiro atoms. The maximum Gasteiger partial charge on any atom is 0.124 e. The first kappa shape index (κ1) is 17.9. The van der Waals surface area contributed by atoms with Crippen LogP contribution in [0.5, 0.6) is 5.75 Å². The number of benzene rings is 2. The summed E-state index contributed by atoms with van der Waals surface area (Å²) in [6, 6.07) is 15.2. The average Bonchev–Trinajstić information content (AvgIpc) is 2.70. The van der Waals surface area contributed by atoms with Gasteiger partial charge in [0.15, 0.2) is 0 Å². The number of rotatable bonds is 5. The smallest absolute Gasteiger partial charge is 0.124 e. The molecule has 0 N–H and O–H groups in total. The minimum atomic E-state index is -0.191. The minimum absolute atomic E-state index is 0.191. The van der Waals surface area contributed by atoms with Crippen LogP contribution < -0.4 is 4.74 Å². The number of pyridine rings is 1. The van der Waals surface area contributed by atoms with Crippen LogP contribution in [0.4, 0.5) is 4.39 Å². The second kappa shape index (κ2) is 8.03. The highest BCUT2D eigenvalue weighted by molar-refractivity contribution is 5.81. The predicted molar refractivity (Wildman–Crippen MR) is 105 cm³/mol. The highest BCUT2D eigenvalue weighted by Gasteiger charge is 2.18. The van der Waals surface area contributed by atoms with E-state index in [2.05, 4.69) is 26.9 Å². The maximum absolute atomic E-state index is 13.9. The van der Waals surface area contributed by atoms with Crippen LogP contribution in [0, 0.1) is 5.82 Å². The number of hydrogen-bond acceptors (Lipinski definition) is 4. The van der Waals surface area contributed by atoms with Crippen LogP contribution in [0.15, 0.2) is 54.7 Å². The van der Waals surface area contributed by atoms with Crippen LogP contribution in [0.2, 0.25) is 0 Å². The van der Waals surface area contributed by atoms with Crippen LogP contribution in [0.25, 0.3) is 10.9 Å². The first-order valence-corrected chi connectivity index (χ1v) is 9.32. The van der Waals surface area contributed by atoms with Crippen molar-refractivity contribution in [2.75, 3.05) is 33.3 Å². The highest BCUT2D eigenvalue weighted by atomic mass is 19.1. The van der Waals surface area contributed by atoms with Crippen LogP contribution in [-0.2, 0) is 13.1 Å². The maximum atomic E-state index is 13.9. The molecule has 5 heteroatoms. The fraction of sp³-hybridized carbons (Fsp3) is 0.318. The summed E-state index contributed by atoms with van der Waals surface area (Å²) in [7, 11) is 1.69. The molecule has 0 aliphatic carbocycles. The van der Waals surface area contributed by atoms with Gasteiger partial charge in [-0.2, -0.15) is 0 Å². The van der Waals surface area contributed by atoms with Gasteiger partial charge in [0.2, 0.25) is 0 Å². The van der Waals surface area contributed by atoms with Crippen molar-refractivity contribution in [3.63, 3.8) is 0 Å². The lowest BCUT2D eigenvalue weighted by Gasteiger charge is -2.34. The van der Waals surface area contributed by atoms with Gasteiger partial charge >= 0.3 is 0 Å². The molecule has 1 fully saturated rings. The molecule has 0 unspecified atom stereocenters. The molecular formula is C22H24FN3O. The monoisotopic (exact) mass is 365 g/mol. The van der Waals surface area contributed by atoms with Crippen molar-refractivity contribution in [1.82, 2.24) is 14.8 Å². The zero-order valence-corrected chi connectivity index (χ0v) is 15.6.